The van der Waals surface area contributed by atoms with Gasteiger partial charge in [-0.15, -0.1) is 0 Å². The Labute approximate surface area is 207 Å². The summed E-state index contributed by atoms with van der Waals surface area (Å²) in [5, 5.41) is 0. The summed E-state index contributed by atoms with van der Waals surface area (Å²) in [6.45, 7) is 0.223. The van der Waals surface area contributed by atoms with Gasteiger partial charge in [-0.2, -0.15) is 0 Å². The average molecular weight is 483 g/mol. The number of nitrogens with one attached hydrogen (secondary N) is 1. The molecule has 0 aliphatic rings. The zero-order valence-electron chi connectivity index (χ0n) is 19.8. The molecule has 1 aromatic heterocycles. The predicted octanol–water partition coefficient (Wildman–Crippen LogP) is 3.42. The molecule has 0 bridgehead atoms. The first-order valence-electron chi connectivity index (χ1n) is 11.3. The Morgan fingerprint density at radius 2 is 1.64 bits per heavy atom. The van der Waals surface area contributed by atoms with Gasteiger partial charge in [0.1, 0.15) is 11.6 Å². The van der Waals surface area contributed by atoms with Gasteiger partial charge in [0, 0.05) is 6.08 Å². The maximum absolute atomic E-state index is 13.4. The minimum absolute atomic E-state index is 0.0823. The Bertz CT molecular complexity index is 1490. The van der Waals surface area contributed by atoms with Gasteiger partial charge >= 0.3 is 5.69 Å². The van der Waals surface area contributed by atoms with Crippen LogP contribution in [-0.2, 0) is 17.9 Å². The van der Waals surface area contributed by atoms with E-state index in [4.69, 9.17) is 10.5 Å². The predicted molar refractivity (Wildman–Crippen MR) is 141 cm³/mol. The molecule has 0 fully saturated rings. The number of amides is 1. The molecule has 1 amide bonds. The van der Waals surface area contributed by atoms with E-state index < -0.39 is 17.2 Å². The van der Waals surface area contributed by atoms with Crippen molar-refractivity contribution >= 4 is 23.5 Å². The van der Waals surface area contributed by atoms with Gasteiger partial charge in [0.2, 0.25) is 0 Å². The lowest BCUT2D eigenvalue weighted by molar-refractivity contribution is -0.114. The Balaban J connectivity index is 1.76. The second kappa shape index (κ2) is 11.1. The van der Waals surface area contributed by atoms with Crippen LogP contribution in [0.5, 0.6) is 5.75 Å². The summed E-state index contributed by atoms with van der Waals surface area (Å²) in [7, 11) is 1.56. The molecule has 4 aromatic rings. The Kier molecular flexibility index (Phi) is 7.45. The van der Waals surface area contributed by atoms with E-state index in [0.717, 1.165) is 16.7 Å². The molecule has 0 saturated heterocycles. The molecule has 3 N–H and O–H groups in total. The molecule has 3 aromatic carbocycles. The highest BCUT2D eigenvalue weighted by molar-refractivity contribution is 6.05. The van der Waals surface area contributed by atoms with Gasteiger partial charge in [-0.1, -0.05) is 72.8 Å². The van der Waals surface area contributed by atoms with Crippen molar-refractivity contribution in [2.45, 2.75) is 13.1 Å². The lowest BCUT2D eigenvalue weighted by Crippen LogP contribution is -2.40. The summed E-state index contributed by atoms with van der Waals surface area (Å²) in [4.78, 5) is 42.7. The fourth-order valence-electron chi connectivity index (χ4n) is 3.80. The van der Waals surface area contributed by atoms with Crippen LogP contribution in [0.2, 0.25) is 0 Å². The Morgan fingerprint density at radius 3 is 2.31 bits per heavy atom. The smallest absolute Gasteiger partial charge is 0.330 e. The van der Waals surface area contributed by atoms with E-state index in [-0.39, 0.29) is 24.6 Å². The van der Waals surface area contributed by atoms with E-state index in [9.17, 15) is 14.4 Å². The zero-order valence-corrected chi connectivity index (χ0v) is 19.8. The summed E-state index contributed by atoms with van der Waals surface area (Å²) in [5.41, 5.74) is 7.27. The number of anilines is 2. The number of hydrogen-bond donors (Lipinski definition) is 2. The normalized spacial score (nSPS) is 10.9. The molecule has 182 valence electrons. The summed E-state index contributed by atoms with van der Waals surface area (Å²) in [5.74, 6) is 0.0925. The van der Waals surface area contributed by atoms with Crippen molar-refractivity contribution in [2.75, 3.05) is 17.7 Å². The first kappa shape index (κ1) is 24.3. The van der Waals surface area contributed by atoms with Crippen molar-refractivity contribution in [3.05, 3.63) is 129 Å². The SMILES string of the molecule is COc1cccc(/C=C\C(=O)N(Cc2ccccc2)c2c(N)n(Cc3ccccc3)c(=O)[nH]c2=O)c1. The first-order valence-corrected chi connectivity index (χ1v) is 11.3. The van der Waals surface area contributed by atoms with Crippen molar-refractivity contribution in [2.24, 2.45) is 0 Å². The maximum atomic E-state index is 13.4. The van der Waals surface area contributed by atoms with Crippen molar-refractivity contribution in [1.29, 1.82) is 0 Å². The van der Waals surface area contributed by atoms with E-state index in [1.54, 1.807) is 25.3 Å². The number of nitrogens with zero attached hydrogens (tertiary/aromatic N) is 2. The van der Waals surface area contributed by atoms with Crippen molar-refractivity contribution in [3.63, 3.8) is 0 Å². The van der Waals surface area contributed by atoms with Gasteiger partial charge in [-0.3, -0.25) is 24.0 Å². The van der Waals surface area contributed by atoms with Crippen molar-refractivity contribution < 1.29 is 9.53 Å². The number of methoxy groups -OCH3 is 1. The van der Waals surface area contributed by atoms with E-state index >= 15 is 0 Å². The number of ether oxygens (including phenoxy) is 1. The third-order valence-corrected chi connectivity index (χ3v) is 5.63. The minimum atomic E-state index is -0.735. The Hall–Kier alpha value is -4.85. The van der Waals surface area contributed by atoms with Crippen LogP contribution in [0.15, 0.2) is 101 Å². The van der Waals surface area contributed by atoms with E-state index in [2.05, 4.69) is 4.98 Å². The van der Waals surface area contributed by atoms with Crippen LogP contribution in [0.1, 0.15) is 16.7 Å². The summed E-state index contributed by atoms with van der Waals surface area (Å²) in [6, 6.07) is 25.7. The van der Waals surface area contributed by atoms with Crippen LogP contribution in [0.25, 0.3) is 6.08 Å². The molecule has 0 unspecified atom stereocenters. The molecule has 8 nitrogen and oxygen atoms in total. The zero-order chi connectivity index (χ0) is 25.5. The van der Waals surface area contributed by atoms with Crippen LogP contribution in [0.4, 0.5) is 11.5 Å². The first-order chi connectivity index (χ1) is 17.5. The monoisotopic (exact) mass is 482 g/mol. The number of rotatable bonds is 8. The average Bonchev–Trinajstić information content (AvgIpc) is 2.90. The number of nitrogens with two attached hydrogens (primary N) is 1. The van der Waals surface area contributed by atoms with Crippen molar-refractivity contribution in [1.82, 2.24) is 9.55 Å². The Morgan fingerprint density at radius 1 is 0.972 bits per heavy atom. The number of H-pyrrole nitrogens is 1. The minimum Gasteiger partial charge on any atom is -0.497 e. The number of aromatic nitrogens is 2. The highest BCUT2D eigenvalue weighted by Gasteiger charge is 2.23. The number of nitrogen functional groups attached to an aromatic ring is 1. The fourth-order valence-corrected chi connectivity index (χ4v) is 3.80. The van der Waals surface area contributed by atoms with Crippen LogP contribution in [-0.4, -0.2) is 22.6 Å². The number of carbonyl (C=O) groups is 1. The lowest BCUT2D eigenvalue weighted by Gasteiger charge is -2.23. The van der Waals surface area contributed by atoms with Crippen LogP contribution < -0.4 is 26.6 Å². The van der Waals surface area contributed by atoms with Crippen LogP contribution >= 0.6 is 0 Å². The molecule has 0 radical (unpaired) electrons. The largest absolute Gasteiger partial charge is 0.497 e. The van der Waals surface area contributed by atoms with Gasteiger partial charge < -0.3 is 10.5 Å². The molecule has 0 aliphatic carbocycles. The number of benzene rings is 3. The van der Waals surface area contributed by atoms with Gasteiger partial charge in [0.25, 0.3) is 11.5 Å². The van der Waals surface area contributed by atoms with E-state index in [1.807, 2.05) is 72.8 Å². The third kappa shape index (κ3) is 5.61. The lowest BCUT2D eigenvalue weighted by atomic mass is 10.1. The molecule has 0 saturated carbocycles. The van der Waals surface area contributed by atoms with Crippen molar-refractivity contribution in [3.8, 4) is 5.75 Å². The molecular weight excluding hydrogens is 456 g/mol. The highest BCUT2D eigenvalue weighted by Crippen LogP contribution is 2.21. The molecule has 0 aliphatic heterocycles. The van der Waals surface area contributed by atoms with E-state index in [0.29, 0.717) is 5.75 Å². The molecule has 36 heavy (non-hydrogen) atoms. The number of hydrogen-bond acceptors (Lipinski definition) is 5. The third-order valence-electron chi connectivity index (χ3n) is 5.63. The second-order valence-corrected chi connectivity index (χ2v) is 8.08. The summed E-state index contributed by atoms with van der Waals surface area (Å²) >= 11 is 0. The van der Waals surface area contributed by atoms with Gasteiger partial charge in [-0.25, -0.2) is 4.79 Å². The molecule has 0 spiro atoms. The van der Waals surface area contributed by atoms with Gasteiger partial charge in [0.15, 0.2) is 5.69 Å². The molecule has 0 atom stereocenters. The van der Waals surface area contributed by atoms with E-state index in [1.165, 1.54) is 15.5 Å². The summed E-state index contributed by atoms with van der Waals surface area (Å²) in [6.07, 6.45) is 3.00. The highest BCUT2D eigenvalue weighted by atomic mass is 16.5. The van der Waals surface area contributed by atoms with Gasteiger partial charge in [0.05, 0.1) is 20.2 Å². The molecular formula is C28H26N4O4. The molecule has 4 rings (SSSR count). The topological polar surface area (TPSA) is 110 Å². The van der Waals surface area contributed by atoms with Gasteiger partial charge in [-0.05, 0) is 34.9 Å². The fraction of sp³-hybridized carbons (Fsp3) is 0.107. The van der Waals surface area contributed by atoms with Crippen LogP contribution in [0.3, 0.4) is 0 Å². The van der Waals surface area contributed by atoms with Crippen LogP contribution in [0, 0.1) is 0 Å². The summed E-state index contributed by atoms with van der Waals surface area (Å²) < 4.78 is 6.49. The quantitative estimate of drug-likeness (QED) is 0.374. The number of carbonyl (C=O) groups excluding carboxylic acids is 1. The second-order valence-electron chi connectivity index (χ2n) is 8.08. The maximum Gasteiger partial charge on any atom is 0.330 e. The standard InChI is InChI=1S/C28H26N4O4/c1-36-23-14-8-13-20(17-23)15-16-24(33)31(18-21-9-4-2-5-10-21)25-26(29)32(28(35)30-27(25)34)19-22-11-6-3-7-12-22/h2-17H,18-19,29H2,1H3,(H,30,34,35)/b16-15-. The number of aromatic amines is 1. The molecule has 1 heterocycles. The molecule has 8 heteroatoms.